The molecule has 1 saturated heterocycles. The lowest BCUT2D eigenvalue weighted by Crippen LogP contribution is -2.54. The summed E-state index contributed by atoms with van der Waals surface area (Å²) in [6.07, 6.45) is 2.46. The molecule has 29 heavy (non-hydrogen) atoms. The van der Waals surface area contributed by atoms with Crippen LogP contribution in [0.3, 0.4) is 0 Å². The summed E-state index contributed by atoms with van der Waals surface area (Å²) in [7, 11) is 0. The zero-order valence-electron chi connectivity index (χ0n) is 16.7. The van der Waals surface area contributed by atoms with Crippen molar-refractivity contribution in [2.45, 2.75) is 95.4 Å². The van der Waals surface area contributed by atoms with Gasteiger partial charge in [0.25, 0.3) is 5.91 Å². The standard InChI is InChI=1S/C20H29F3N2O4/c1-2-29-18(27)15(20(21,22)23)16-17(26)25(14-11-7-4-8-12-14)19(28)24(16)13-9-5-3-6-10-13/h13-16H,2-12H2,1H3/t15-,16-/m0/s1. The van der Waals surface area contributed by atoms with Crippen molar-refractivity contribution in [3.8, 4) is 0 Å². The van der Waals surface area contributed by atoms with E-state index in [1.807, 2.05) is 0 Å². The van der Waals surface area contributed by atoms with Crippen LogP contribution in [0.1, 0.15) is 71.1 Å². The van der Waals surface area contributed by atoms with Gasteiger partial charge in [-0.3, -0.25) is 14.5 Å². The average Bonchev–Trinajstić information content (AvgIpc) is 2.93. The Morgan fingerprint density at radius 2 is 1.52 bits per heavy atom. The Bertz CT molecular complexity index is 628. The van der Waals surface area contributed by atoms with Crippen molar-refractivity contribution in [1.29, 1.82) is 0 Å². The molecular formula is C20H29F3N2O4. The molecule has 0 aromatic carbocycles. The van der Waals surface area contributed by atoms with Crippen molar-refractivity contribution in [1.82, 2.24) is 9.80 Å². The first-order valence-electron chi connectivity index (χ1n) is 10.7. The quantitative estimate of drug-likeness (QED) is 0.500. The average molecular weight is 418 g/mol. The van der Waals surface area contributed by atoms with Crippen LogP contribution < -0.4 is 0 Å². The Balaban J connectivity index is 1.99. The summed E-state index contributed by atoms with van der Waals surface area (Å²) in [5, 5.41) is 0. The summed E-state index contributed by atoms with van der Waals surface area (Å²) in [6.45, 7) is 1.19. The van der Waals surface area contributed by atoms with Crippen molar-refractivity contribution in [3.05, 3.63) is 0 Å². The largest absolute Gasteiger partial charge is 0.465 e. The fourth-order valence-electron chi connectivity index (χ4n) is 4.99. The molecule has 2 aliphatic carbocycles. The molecule has 3 fully saturated rings. The van der Waals surface area contributed by atoms with Crippen LogP contribution in [0, 0.1) is 5.92 Å². The fraction of sp³-hybridized carbons (Fsp3) is 0.850. The number of amides is 3. The first-order valence-corrected chi connectivity index (χ1v) is 10.7. The van der Waals surface area contributed by atoms with Crippen LogP contribution in [0.15, 0.2) is 0 Å². The smallest absolute Gasteiger partial charge is 0.404 e. The molecule has 0 bridgehead atoms. The molecule has 164 valence electrons. The number of esters is 1. The maximum absolute atomic E-state index is 13.9. The van der Waals surface area contributed by atoms with Crippen LogP contribution in [0.2, 0.25) is 0 Å². The second-order valence-corrected chi connectivity index (χ2v) is 8.20. The minimum atomic E-state index is -4.98. The molecule has 1 aliphatic heterocycles. The van der Waals surface area contributed by atoms with Gasteiger partial charge in [-0.05, 0) is 32.6 Å². The molecule has 0 unspecified atom stereocenters. The Morgan fingerprint density at radius 1 is 1.00 bits per heavy atom. The highest BCUT2D eigenvalue weighted by Gasteiger charge is 2.62. The molecule has 0 spiro atoms. The van der Waals surface area contributed by atoms with Crippen LogP contribution in [0.5, 0.6) is 0 Å². The van der Waals surface area contributed by atoms with E-state index < -0.39 is 48.1 Å². The van der Waals surface area contributed by atoms with Gasteiger partial charge in [-0.15, -0.1) is 0 Å². The third kappa shape index (κ3) is 4.38. The molecule has 0 radical (unpaired) electrons. The topological polar surface area (TPSA) is 66.9 Å². The van der Waals surface area contributed by atoms with E-state index in [2.05, 4.69) is 4.74 Å². The Morgan fingerprint density at radius 3 is 2.00 bits per heavy atom. The van der Waals surface area contributed by atoms with Crippen LogP contribution in [0.25, 0.3) is 0 Å². The lowest BCUT2D eigenvalue weighted by molar-refractivity contribution is -0.208. The summed E-state index contributed by atoms with van der Waals surface area (Å²) < 4.78 is 46.5. The minimum absolute atomic E-state index is 0.226. The molecule has 3 amide bonds. The van der Waals surface area contributed by atoms with Gasteiger partial charge in [0.05, 0.1) is 6.61 Å². The Labute approximate surface area is 168 Å². The number of alkyl halides is 3. The van der Waals surface area contributed by atoms with Gasteiger partial charge in [-0.25, -0.2) is 4.79 Å². The third-order valence-electron chi connectivity index (χ3n) is 6.33. The van der Waals surface area contributed by atoms with Gasteiger partial charge in [0, 0.05) is 12.1 Å². The first-order chi connectivity index (χ1) is 13.8. The van der Waals surface area contributed by atoms with Gasteiger partial charge in [-0.1, -0.05) is 38.5 Å². The van der Waals surface area contributed by atoms with Crippen molar-refractivity contribution in [2.75, 3.05) is 6.61 Å². The van der Waals surface area contributed by atoms with E-state index in [-0.39, 0.29) is 6.61 Å². The first kappa shape index (κ1) is 21.9. The molecule has 2 saturated carbocycles. The van der Waals surface area contributed by atoms with Crippen LogP contribution in [0.4, 0.5) is 18.0 Å². The van der Waals surface area contributed by atoms with Crippen LogP contribution in [-0.4, -0.2) is 58.6 Å². The van der Waals surface area contributed by atoms with Gasteiger partial charge in [0.1, 0.15) is 6.04 Å². The highest BCUT2D eigenvalue weighted by molar-refractivity contribution is 6.06. The van der Waals surface area contributed by atoms with E-state index in [9.17, 15) is 27.6 Å². The summed E-state index contributed by atoms with van der Waals surface area (Å²) in [6, 6.07) is -3.39. The number of nitrogens with zero attached hydrogens (tertiary/aromatic N) is 2. The number of urea groups is 1. The van der Waals surface area contributed by atoms with Gasteiger partial charge >= 0.3 is 18.2 Å². The molecule has 3 aliphatic rings. The normalized spacial score (nSPS) is 26.1. The number of carbonyl (C=O) groups excluding carboxylic acids is 3. The number of ether oxygens (including phenoxy) is 1. The molecular weight excluding hydrogens is 389 g/mol. The van der Waals surface area contributed by atoms with E-state index >= 15 is 0 Å². The van der Waals surface area contributed by atoms with Gasteiger partial charge in [0.2, 0.25) is 0 Å². The third-order valence-corrected chi connectivity index (χ3v) is 6.33. The summed E-state index contributed by atoms with van der Waals surface area (Å²) in [4.78, 5) is 40.9. The number of imide groups is 1. The van der Waals surface area contributed by atoms with Gasteiger partial charge < -0.3 is 9.64 Å². The van der Waals surface area contributed by atoms with E-state index in [0.717, 1.165) is 48.3 Å². The fourth-order valence-corrected chi connectivity index (χ4v) is 4.99. The molecule has 0 aromatic rings. The maximum Gasteiger partial charge on any atom is 0.404 e. The molecule has 9 heteroatoms. The molecule has 0 aromatic heterocycles. The van der Waals surface area contributed by atoms with E-state index in [4.69, 9.17) is 0 Å². The maximum atomic E-state index is 13.9. The summed E-state index contributed by atoms with van der Waals surface area (Å²) in [5.74, 6) is -5.05. The zero-order valence-corrected chi connectivity index (χ0v) is 16.7. The highest BCUT2D eigenvalue weighted by Crippen LogP contribution is 2.41. The monoisotopic (exact) mass is 418 g/mol. The lowest BCUT2D eigenvalue weighted by atomic mass is 9.90. The second-order valence-electron chi connectivity index (χ2n) is 8.20. The van der Waals surface area contributed by atoms with Crippen molar-refractivity contribution < 1.29 is 32.3 Å². The summed E-state index contributed by atoms with van der Waals surface area (Å²) >= 11 is 0. The molecule has 0 N–H and O–H groups in total. The van der Waals surface area contributed by atoms with Crippen LogP contribution in [-0.2, 0) is 14.3 Å². The molecule has 1 heterocycles. The molecule has 3 rings (SSSR count). The number of hydrogen-bond donors (Lipinski definition) is 0. The number of rotatable bonds is 5. The highest BCUT2D eigenvalue weighted by atomic mass is 19.4. The number of hydrogen-bond acceptors (Lipinski definition) is 4. The zero-order chi connectivity index (χ0) is 21.2. The lowest BCUT2D eigenvalue weighted by Gasteiger charge is -2.36. The van der Waals surface area contributed by atoms with Crippen molar-refractivity contribution >= 4 is 17.9 Å². The SMILES string of the molecule is CCOC(=O)[C@H]([C@H]1C(=O)N(C2CCCCC2)C(=O)N1C1CCCCC1)C(F)(F)F. The number of carbonyl (C=O) groups is 3. The van der Waals surface area contributed by atoms with Gasteiger partial charge in [0.15, 0.2) is 5.92 Å². The van der Waals surface area contributed by atoms with Gasteiger partial charge in [-0.2, -0.15) is 13.2 Å². The van der Waals surface area contributed by atoms with Crippen molar-refractivity contribution in [2.24, 2.45) is 5.92 Å². The predicted octanol–water partition coefficient (Wildman–Crippen LogP) is 4.03. The Kier molecular flexibility index (Phi) is 6.73. The Hall–Kier alpha value is -1.80. The predicted molar refractivity (Wildman–Crippen MR) is 97.8 cm³/mol. The summed E-state index contributed by atoms with van der Waals surface area (Å²) in [5.41, 5.74) is 0. The van der Waals surface area contributed by atoms with E-state index in [1.165, 1.54) is 6.92 Å². The minimum Gasteiger partial charge on any atom is -0.465 e. The second kappa shape index (κ2) is 8.92. The van der Waals surface area contributed by atoms with E-state index in [0.29, 0.717) is 25.7 Å². The number of halogens is 3. The molecule has 2 atom stereocenters. The van der Waals surface area contributed by atoms with Crippen molar-refractivity contribution in [3.63, 3.8) is 0 Å². The molecule has 6 nitrogen and oxygen atoms in total. The van der Waals surface area contributed by atoms with E-state index in [1.54, 1.807) is 0 Å². The van der Waals surface area contributed by atoms with Crippen LogP contribution >= 0.6 is 0 Å².